The molecule has 2 N–H and O–H groups in total. The van der Waals surface area contributed by atoms with Crippen LogP contribution in [0.25, 0.3) is 5.69 Å². The number of anilines is 1. The van der Waals surface area contributed by atoms with Crippen LogP contribution in [-0.2, 0) is 4.74 Å². The molecule has 0 aliphatic rings. The van der Waals surface area contributed by atoms with Gasteiger partial charge >= 0.3 is 5.97 Å². The number of hydrogen-bond donors (Lipinski definition) is 1. The summed E-state index contributed by atoms with van der Waals surface area (Å²) in [5.74, 6) is -0.230. The molecule has 2 aromatic rings. The largest absolute Gasteiger partial charge is 0.465 e. The van der Waals surface area contributed by atoms with E-state index in [1.54, 1.807) is 22.9 Å². The van der Waals surface area contributed by atoms with Crippen LogP contribution in [0.15, 0.2) is 30.6 Å². The van der Waals surface area contributed by atoms with Gasteiger partial charge in [0.2, 0.25) is 5.82 Å². The Bertz CT molecular complexity index is 640. The molecule has 0 saturated heterocycles. The molecule has 0 unspecified atom stereocenters. The number of carbonyl (C=O) groups excluding carboxylic acids is 1. The third kappa shape index (κ3) is 1.89. The van der Waals surface area contributed by atoms with Gasteiger partial charge in [-0.05, 0) is 18.2 Å². The standard InChI is InChI=1S/C12H10N4O2/c1-18-12(17)8-2-3-10(9(14)6-8)16-5-4-15-11(16)7-13/h2-6H,14H2,1H3. The van der Waals surface area contributed by atoms with Crippen molar-refractivity contribution in [2.75, 3.05) is 12.8 Å². The van der Waals surface area contributed by atoms with E-state index in [1.165, 1.54) is 19.4 Å². The predicted octanol–water partition coefficient (Wildman–Crippen LogP) is 1.11. The molecule has 90 valence electrons. The first-order chi connectivity index (χ1) is 8.67. The number of nitriles is 1. The summed E-state index contributed by atoms with van der Waals surface area (Å²) in [6, 6.07) is 6.68. The Labute approximate surface area is 103 Å². The third-order valence-electron chi connectivity index (χ3n) is 2.45. The number of rotatable bonds is 2. The molecule has 2 rings (SSSR count). The molecule has 0 radical (unpaired) electrons. The molecule has 0 bridgehead atoms. The number of imidazole rings is 1. The van der Waals surface area contributed by atoms with Gasteiger partial charge in [0.05, 0.1) is 24.0 Å². The Morgan fingerprint density at radius 1 is 1.56 bits per heavy atom. The van der Waals surface area contributed by atoms with Crippen molar-refractivity contribution < 1.29 is 9.53 Å². The summed E-state index contributed by atoms with van der Waals surface area (Å²) < 4.78 is 6.15. The van der Waals surface area contributed by atoms with E-state index in [4.69, 9.17) is 11.0 Å². The first-order valence-corrected chi connectivity index (χ1v) is 5.09. The molecule has 0 amide bonds. The molecular formula is C12H10N4O2. The molecule has 1 aromatic heterocycles. The molecule has 18 heavy (non-hydrogen) atoms. The fraction of sp³-hybridized carbons (Fsp3) is 0.0833. The number of esters is 1. The number of aromatic nitrogens is 2. The summed E-state index contributed by atoms with van der Waals surface area (Å²) >= 11 is 0. The lowest BCUT2D eigenvalue weighted by Crippen LogP contribution is -2.06. The molecule has 0 aliphatic heterocycles. The number of nitrogens with two attached hydrogens (primary N) is 1. The second kappa shape index (κ2) is 4.59. The van der Waals surface area contributed by atoms with Crippen LogP contribution in [0.3, 0.4) is 0 Å². The number of methoxy groups -OCH3 is 1. The van der Waals surface area contributed by atoms with Crippen molar-refractivity contribution in [1.82, 2.24) is 9.55 Å². The first-order valence-electron chi connectivity index (χ1n) is 5.09. The molecule has 1 aromatic carbocycles. The number of hydrogen-bond acceptors (Lipinski definition) is 5. The summed E-state index contributed by atoms with van der Waals surface area (Å²) in [4.78, 5) is 15.2. The lowest BCUT2D eigenvalue weighted by molar-refractivity contribution is 0.0601. The summed E-state index contributed by atoms with van der Waals surface area (Å²) in [6.45, 7) is 0. The van der Waals surface area contributed by atoms with E-state index in [0.717, 1.165) is 0 Å². The molecule has 0 spiro atoms. The highest BCUT2D eigenvalue weighted by Crippen LogP contribution is 2.20. The Kier molecular flexibility index (Phi) is 2.98. The zero-order chi connectivity index (χ0) is 13.1. The Balaban J connectivity index is 2.49. The smallest absolute Gasteiger partial charge is 0.337 e. The van der Waals surface area contributed by atoms with E-state index in [9.17, 15) is 4.79 Å². The van der Waals surface area contributed by atoms with Gasteiger partial charge in [-0.1, -0.05) is 0 Å². The average molecular weight is 242 g/mol. The average Bonchev–Trinajstić information content (AvgIpc) is 2.85. The van der Waals surface area contributed by atoms with Crippen LogP contribution >= 0.6 is 0 Å². The Hall–Kier alpha value is -2.81. The maximum absolute atomic E-state index is 11.3. The minimum atomic E-state index is -0.459. The van der Waals surface area contributed by atoms with Crippen LogP contribution < -0.4 is 5.73 Å². The number of ether oxygens (including phenoxy) is 1. The van der Waals surface area contributed by atoms with Crippen molar-refractivity contribution in [3.05, 3.63) is 42.0 Å². The van der Waals surface area contributed by atoms with Gasteiger partial charge in [0, 0.05) is 12.4 Å². The summed E-state index contributed by atoms with van der Waals surface area (Å²) in [5.41, 5.74) is 7.18. The highest BCUT2D eigenvalue weighted by molar-refractivity contribution is 5.91. The molecule has 0 aliphatic carbocycles. The van der Waals surface area contributed by atoms with E-state index < -0.39 is 5.97 Å². The zero-order valence-corrected chi connectivity index (χ0v) is 9.62. The van der Waals surface area contributed by atoms with E-state index in [2.05, 4.69) is 9.72 Å². The lowest BCUT2D eigenvalue weighted by Gasteiger charge is -2.08. The fourth-order valence-electron chi connectivity index (χ4n) is 1.60. The van der Waals surface area contributed by atoms with Crippen molar-refractivity contribution in [3.63, 3.8) is 0 Å². The molecule has 1 heterocycles. The van der Waals surface area contributed by atoms with E-state index >= 15 is 0 Å². The molecule has 0 saturated carbocycles. The number of nitrogen functional groups attached to an aromatic ring is 1. The van der Waals surface area contributed by atoms with Crippen molar-refractivity contribution in [3.8, 4) is 11.8 Å². The van der Waals surface area contributed by atoms with Crippen molar-refractivity contribution in [1.29, 1.82) is 5.26 Å². The van der Waals surface area contributed by atoms with Crippen molar-refractivity contribution >= 4 is 11.7 Å². The highest BCUT2D eigenvalue weighted by Gasteiger charge is 2.11. The number of nitrogens with zero attached hydrogens (tertiary/aromatic N) is 3. The fourth-order valence-corrected chi connectivity index (χ4v) is 1.60. The number of carbonyl (C=O) groups is 1. The minimum absolute atomic E-state index is 0.229. The summed E-state index contributed by atoms with van der Waals surface area (Å²) in [6.07, 6.45) is 3.13. The normalized spacial score (nSPS) is 9.78. The second-order valence-corrected chi connectivity index (χ2v) is 3.50. The van der Waals surface area contributed by atoms with Crippen molar-refractivity contribution in [2.45, 2.75) is 0 Å². The molecule has 0 fully saturated rings. The van der Waals surface area contributed by atoms with Crippen molar-refractivity contribution in [2.24, 2.45) is 0 Å². The third-order valence-corrected chi connectivity index (χ3v) is 2.45. The Morgan fingerprint density at radius 2 is 2.33 bits per heavy atom. The van der Waals surface area contributed by atoms with Crippen LogP contribution in [0.5, 0.6) is 0 Å². The van der Waals surface area contributed by atoms with Crippen LogP contribution in [-0.4, -0.2) is 22.6 Å². The lowest BCUT2D eigenvalue weighted by atomic mass is 10.1. The van der Waals surface area contributed by atoms with Crippen LogP contribution in [0.2, 0.25) is 0 Å². The SMILES string of the molecule is COC(=O)c1ccc(-n2ccnc2C#N)c(N)c1. The minimum Gasteiger partial charge on any atom is -0.465 e. The van der Waals surface area contributed by atoms with Gasteiger partial charge in [0.15, 0.2) is 0 Å². The van der Waals surface area contributed by atoms with Gasteiger partial charge in [0.1, 0.15) is 6.07 Å². The van der Waals surface area contributed by atoms with Crippen LogP contribution in [0.4, 0.5) is 5.69 Å². The van der Waals surface area contributed by atoms with E-state index in [0.29, 0.717) is 16.9 Å². The molecule has 6 nitrogen and oxygen atoms in total. The summed E-state index contributed by atoms with van der Waals surface area (Å²) in [7, 11) is 1.30. The van der Waals surface area contributed by atoms with Gasteiger partial charge in [-0.25, -0.2) is 9.78 Å². The van der Waals surface area contributed by atoms with Crippen LogP contribution in [0.1, 0.15) is 16.2 Å². The topological polar surface area (TPSA) is 93.9 Å². The maximum Gasteiger partial charge on any atom is 0.337 e. The molecule has 6 heteroatoms. The predicted molar refractivity (Wildman–Crippen MR) is 64.0 cm³/mol. The quantitative estimate of drug-likeness (QED) is 0.628. The van der Waals surface area contributed by atoms with Crippen LogP contribution in [0, 0.1) is 11.3 Å². The molecular weight excluding hydrogens is 232 g/mol. The van der Waals surface area contributed by atoms with E-state index in [-0.39, 0.29) is 5.82 Å². The molecule has 0 atom stereocenters. The Morgan fingerprint density at radius 3 is 2.94 bits per heavy atom. The van der Waals surface area contributed by atoms with Gasteiger partial charge in [-0.15, -0.1) is 0 Å². The number of benzene rings is 1. The van der Waals surface area contributed by atoms with Gasteiger partial charge < -0.3 is 10.5 Å². The highest BCUT2D eigenvalue weighted by atomic mass is 16.5. The maximum atomic E-state index is 11.3. The summed E-state index contributed by atoms with van der Waals surface area (Å²) in [5, 5.41) is 8.89. The first kappa shape index (κ1) is 11.7. The van der Waals surface area contributed by atoms with E-state index in [1.807, 2.05) is 6.07 Å². The van der Waals surface area contributed by atoms with Gasteiger partial charge in [0.25, 0.3) is 0 Å². The monoisotopic (exact) mass is 242 g/mol. The zero-order valence-electron chi connectivity index (χ0n) is 9.62. The van der Waals surface area contributed by atoms with Gasteiger partial charge in [-0.2, -0.15) is 5.26 Å². The second-order valence-electron chi connectivity index (χ2n) is 3.50. The van der Waals surface area contributed by atoms with Gasteiger partial charge in [-0.3, -0.25) is 4.57 Å².